The molecule has 0 fully saturated rings. The maximum atomic E-state index is 12.2. The van der Waals surface area contributed by atoms with Crippen LogP contribution >= 0.6 is 0 Å². The summed E-state index contributed by atoms with van der Waals surface area (Å²) in [5.74, 6) is 0.574. The Morgan fingerprint density at radius 3 is 2.59 bits per heavy atom. The average Bonchev–Trinajstić information content (AvgIpc) is 3.09. The Kier molecular flexibility index (Phi) is 4.71. The van der Waals surface area contributed by atoms with Crippen molar-refractivity contribution in [2.75, 3.05) is 11.9 Å². The van der Waals surface area contributed by atoms with E-state index in [4.69, 9.17) is 20.6 Å². The number of anilines is 1. The van der Waals surface area contributed by atoms with Gasteiger partial charge in [-0.1, -0.05) is 12.1 Å². The van der Waals surface area contributed by atoms with Gasteiger partial charge in [-0.25, -0.2) is 9.80 Å². The third-order valence-electron chi connectivity index (χ3n) is 5.23. The van der Waals surface area contributed by atoms with Crippen LogP contribution in [0.1, 0.15) is 36.1 Å². The van der Waals surface area contributed by atoms with Crippen molar-refractivity contribution >= 4 is 23.3 Å². The fraction of sp³-hybridized carbons (Fsp3) is 0.286. The topological polar surface area (TPSA) is 97.5 Å². The van der Waals surface area contributed by atoms with Crippen molar-refractivity contribution < 1.29 is 19.4 Å². The highest BCUT2D eigenvalue weighted by atomic mass is 17.2. The van der Waals surface area contributed by atoms with Crippen molar-refractivity contribution in [1.29, 1.82) is 0 Å². The molecule has 0 aliphatic carbocycles. The Morgan fingerprint density at radius 1 is 1.21 bits per heavy atom. The predicted octanol–water partition coefficient (Wildman–Crippen LogP) is 2.57. The van der Waals surface area contributed by atoms with Gasteiger partial charge in [-0.3, -0.25) is 9.69 Å². The molecule has 2 aliphatic heterocycles. The molecule has 8 heteroatoms. The molecule has 0 spiro atoms. The van der Waals surface area contributed by atoms with Gasteiger partial charge in [0.15, 0.2) is 5.75 Å². The summed E-state index contributed by atoms with van der Waals surface area (Å²) in [5.41, 5.74) is 10.4. The van der Waals surface area contributed by atoms with Gasteiger partial charge in [-0.15, -0.1) is 0 Å². The summed E-state index contributed by atoms with van der Waals surface area (Å²) in [6.07, 6.45) is 0.640. The van der Waals surface area contributed by atoms with E-state index < -0.39 is 6.03 Å². The van der Waals surface area contributed by atoms with Crippen LogP contribution < -0.4 is 15.5 Å². The summed E-state index contributed by atoms with van der Waals surface area (Å²) in [6.45, 7) is 3.84. The molecule has 2 aromatic rings. The molecule has 0 bridgehead atoms. The summed E-state index contributed by atoms with van der Waals surface area (Å²) < 4.78 is 0. The van der Waals surface area contributed by atoms with E-state index >= 15 is 0 Å². The van der Waals surface area contributed by atoms with Gasteiger partial charge < -0.3 is 10.6 Å². The van der Waals surface area contributed by atoms with E-state index in [2.05, 4.69) is 0 Å². The monoisotopic (exact) mass is 394 g/mol. The van der Waals surface area contributed by atoms with Crippen molar-refractivity contribution in [3.63, 3.8) is 0 Å². The minimum Gasteiger partial charge on any atom is -0.351 e. The summed E-state index contributed by atoms with van der Waals surface area (Å²) in [6, 6.07) is 10.7. The summed E-state index contributed by atoms with van der Waals surface area (Å²) in [7, 11) is 1.61. The van der Waals surface area contributed by atoms with Crippen molar-refractivity contribution in [1.82, 2.24) is 5.01 Å². The van der Waals surface area contributed by atoms with Gasteiger partial charge in [0.1, 0.15) is 6.61 Å². The largest absolute Gasteiger partial charge is 0.351 e. The molecule has 150 valence electrons. The maximum Gasteiger partial charge on any atom is 0.318 e. The van der Waals surface area contributed by atoms with E-state index in [0.717, 1.165) is 22.3 Å². The van der Waals surface area contributed by atoms with Crippen molar-refractivity contribution in [2.24, 2.45) is 10.8 Å². The number of rotatable bonds is 2. The summed E-state index contributed by atoms with van der Waals surface area (Å²) in [4.78, 5) is 35.4. The fourth-order valence-electron chi connectivity index (χ4n) is 3.63. The normalized spacial score (nSPS) is 17.6. The number of nitrogens with two attached hydrogens (primary N) is 1. The molecular formula is C21H22N4O4. The first kappa shape index (κ1) is 18.9. The van der Waals surface area contributed by atoms with Crippen LogP contribution in [-0.2, 0) is 22.7 Å². The van der Waals surface area contributed by atoms with E-state index in [1.807, 2.05) is 31.2 Å². The van der Waals surface area contributed by atoms with Gasteiger partial charge >= 0.3 is 6.03 Å². The zero-order valence-electron chi connectivity index (χ0n) is 16.5. The number of primary amides is 1. The quantitative estimate of drug-likeness (QED) is 0.792. The number of carbonyl (C=O) groups excluding carboxylic acids is 2. The molecule has 0 saturated heterocycles. The predicted molar refractivity (Wildman–Crippen MR) is 108 cm³/mol. The van der Waals surface area contributed by atoms with Crippen molar-refractivity contribution in [2.45, 2.75) is 32.9 Å². The second-order valence-corrected chi connectivity index (χ2v) is 7.27. The number of urea groups is 1. The molecule has 0 aromatic heterocycles. The van der Waals surface area contributed by atoms with E-state index in [0.29, 0.717) is 30.2 Å². The molecule has 29 heavy (non-hydrogen) atoms. The van der Waals surface area contributed by atoms with Crippen molar-refractivity contribution in [3.8, 4) is 5.75 Å². The lowest BCUT2D eigenvalue weighted by Crippen LogP contribution is -2.33. The molecule has 1 unspecified atom stereocenters. The standard InChI is InChI=1S/C21H22N4O4/c1-12-8-15-10-19-16(11-28-29-19)9-18(15)20(23-25(12)13(2)26)14-4-6-17(7-5-14)24(3)21(22)27/h4-7,9-10,12H,8,11H2,1-3H3,(H2,22,27). The molecule has 2 aromatic carbocycles. The first-order valence-corrected chi connectivity index (χ1v) is 9.33. The lowest BCUT2D eigenvalue weighted by Gasteiger charge is -2.21. The van der Waals surface area contributed by atoms with E-state index in [1.165, 1.54) is 16.8 Å². The fourth-order valence-corrected chi connectivity index (χ4v) is 3.63. The third-order valence-corrected chi connectivity index (χ3v) is 5.23. The lowest BCUT2D eigenvalue weighted by molar-refractivity contribution is -0.194. The number of benzene rings is 2. The second-order valence-electron chi connectivity index (χ2n) is 7.27. The SMILES string of the molecule is CC(=O)N1N=C(c2ccc(N(C)C(N)=O)cc2)c2cc3c(cc2CC1C)OOC3. The minimum atomic E-state index is -0.540. The zero-order chi connectivity index (χ0) is 20.7. The van der Waals surface area contributed by atoms with Crippen molar-refractivity contribution in [3.05, 3.63) is 58.7 Å². The van der Waals surface area contributed by atoms with Crippen LogP contribution in [0.25, 0.3) is 0 Å². The van der Waals surface area contributed by atoms with Crippen LogP contribution in [0.4, 0.5) is 10.5 Å². The number of nitrogens with zero attached hydrogens (tertiary/aromatic N) is 3. The van der Waals surface area contributed by atoms with Crippen LogP contribution in [0.15, 0.2) is 41.5 Å². The smallest absolute Gasteiger partial charge is 0.318 e. The van der Waals surface area contributed by atoms with Gasteiger partial charge in [0, 0.05) is 36.3 Å². The third kappa shape index (κ3) is 3.42. The molecule has 1 atom stereocenters. The molecule has 2 aliphatic rings. The van der Waals surface area contributed by atoms with Crippen LogP contribution in [0.5, 0.6) is 5.75 Å². The van der Waals surface area contributed by atoms with Gasteiger partial charge in [0.25, 0.3) is 0 Å². The molecule has 0 radical (unpaired) electrons. The van der Waals surface area contributed by atoms with E-state index in [-0.39, 0.29) is 11.9 Å². The Hall–Kier alpha value is -3.39. The lowest BCUT2D eigenvalue weighted by atomic mass is 9.92. The molecule has 2 N–H and O–H groups in total. The number of amides is 3. The molecule has 2 heterocycles. The molecule has 4 rings (SSSR count). The Bertz CT molecular complexity index is 1020. The van der Waals surface area contributed by atoms with Crippen LogP contribution in [0.2, 0.25) is 0 Å². The highest BCUT2D eigenvalue weighted by molar-refractivity contribution is 6.14. The molecular weight excluding hydrogens is 372 g/mol. The molecule has 3 amide bonds. The van der Waals surface area contributed by atoms with Gasteiger partial charge in [-0.2, -0.15) is 9.99 Å². The van der Waals surface area contributed by atoms with Crippen LogP contribution in [0, 0.1) is 0 Å². The average molecular weight is 394 g/mol. The maximum absolute atomic E-state index is 12.2. The Morgan fingerprint density at radius 2 is 1.93 bits per heavy atom. The Labute approximate surface area is 168 Å². The number of hydrazone groups is 1. The second kappa shape index (κ2) is 7.21. The van der Waals surface area contributed by atoms with E-state index in [1.54, 1.807) is 19.2 Å². The first-order chi connectivity index (χ1) is 13.8. The number of hydrogen-bond acceptors (Lipinski definition) is 5. The number of hydrogen-bond donors (Lipinski definition) is 1. The number of carbonyl (C=O) groups is 2. The zero-order valence-corrected chi connectivity index (χ0v) is 16.5. The van der Waals surface area contributed by atoms with E-state index in [9.17, 15) is 9.59 Å². The molecule has 8 nitrogen and oxygen atoms in total. The van der Waals surface area contributed by atoms with Gasteiger partial charge in [0.05, 0.1) is 11.8 Å². The van der Waals surface area contributed by atoms with Gasteiger partial charge in [0.2, 0.25) is 5.91 Å². The highest BCUT2D eigenvalue weighted by Gasteiger charge is 2.28. The minimum absolute atomic E-state index is 0.107. The molecule has 0 saturated carbocycles. The summed E-state index contributed by atoms with van der Waals surface area (Å²) in [5, 5.41) is 6.23. The highest BCUT2D eigenvalue weighted by Crippen LogP contribution is 2.33. The first-order valence-electron chi connectivity index (χ1n) is 9.33. The van der Waals surface area contributed by atoms with Gasteiger partial charge in [-0.05, 0) is 43.2 Å². The summed E-state index contributed by atoms with van der Waals surface area (Å²) >= 11 is 0. The van der Waals surface area contributed by atoms with Crippen LogP contribution in [-0.4, -0.2) is 35.7 Å². The van der Waals surface area contributed by atoms with Crippen LogP contribution in [0.3, 0.4) is 0 Å². The number of fused-ring (bicyclic) bond motifs is 2. The Balaban J connectivity index is 1.84.